The second-order valence-corrected chi connectivity index (χ2v) is 8.06. The Kier molecular flexibility index (Phi) is 5.63. The van der Waals surface area contributed by atoms with Gasteiger partial charge in [-0.1, -0.05) is 30.3 Å². The van der Waals surface area contributed by atoms with Gasteiger partial charge in [0.25, 0.3) is 0 Å². The fourth-order valence-electron chi connectivity index (χ4n) is 3.25. The molecule has 0 radical (unpaired) electrons. The van der Waals surface area contributed by atoms with Crippen molar-refractivity contribution in [1.29, 1.82) is 0 Å². The van der Waals surface area contributed by atoms with Crippen LogP contribution in [0.15, 0.2) is 67.0 Å². The van der Waals surface area contributed by atoms with Gasteiger partial charge in [-0.25, -0.2) is 9.97 Å². The van der Waals surface area contributed by atoms with Gasteiger partial charge in [0.1, 0.15) is 22.7 Å². The van der Waals surface area contributed by atoms with Gasteiger partial charge in [0, 0.05) is 37.6 Å². The van der Waals surface area contributed by atoms with Crippen molar-refractivity contribution in [3.05, 3.63) is 67.0 Å². The van der Waals surface area contributed by atoms with Crippen molar-refractivity contribution >= 4 is 39.0 Å². The van der Waals surface area contributed by atoms with Crippen LogP contribution in [0.2, 0.25) is 0 Å². The number of benzene rings is 2. The highest BCUT2D eigenvalue weighted by molar-refractivity contribution is 7.21. The van der Waals surface area contributed by atoms with Crippen LogP contribution < -0.4 is 9.80 Å². The number of aromatic hydroxyl groups is 1. The van der Waals surface area contributed by atoms with Crippen molar-refractivity contribution in [2.24, 2.45) is 0 Å². The number of carbonyl (C=O) groups is 1. The van der Waals surface area contributed by atoms with Gasteiger partial charge >= 0.3 is 0 Å². The van der Waals surface area contributed by atoms with E-state index in [-0.39, 0.29) is 11.7 Å². The fraction of sp³-hybridized carbons (Fsp3) is 0.174. The number of thiophene rings is 1. The SMILES string of the molecule is CN(CCC(=O)N(C)c1ccc(O)cc1)c1ncnc2sc(-c3ccccc3)cc12. The Morgan fingerprint density at radius 1 is 1.03 bits per heavy atom. The van der Waals surface area contributed by atoms with E-state index in [0.29, 0.717) is 13.0 Å². The van der Waals surface area contributed by atoms with E-state index in [1.165, 1.54) is 0 Å². The Balaban J connectivity index is 1.49. The number of anilines is 2. The molecule has 6 nitrogen and oxygen atoms in total. The minimum Gasteiger partial charge on any atom is -0.508 e. The topological polar surface area (TPSA) is 69.6 Å². The number of aromatic nitrogens is 2. The molecule has 1 N–H and O–H groups in total. The number of fused-ring (bicyclic) bond motifs is 1. The summed E-state index contributed by atoms with van der Waals surface area (Å²) >= 11 is 1.64. The second-order valence-electron chi connectivity index (χ2n) is 7.03. The maximum absolute atomic E-state index is 12.6. The summed E-state index contributed by atoms with van der Waals surface area (Å²) in [6.45, 7) is 0.532. The number of hydrogen-bond donors (Lipinski definition) is 1. The van der Waals surface area contributed by atoms with E-state index < -0.39 is 0 Å². The molecule has 2 heterocycles. The molecule has 30 heavy (non-hydrogen) atoms. The Bertz CT molecular complexity index is 1160. The van der Waals surface area contributed by atoms with Gasteiger partial charge in [0.15, 0.2) is 0 Å². The molecule has 0 aliphatic carbocycles. The van der Waals surface area contributed by atoms with Gasteiger partial charge in [0.2, 0.25) is 5.91 Å². The number of phenolic OH excluding ortho intramolecular Hbond substituents is 1. The number of nitrogens with zero attached hydrogens (tertiary/aromatic N) is 4. The highest BCUT2D eigenvalue weighted by Crippen LogP contribution is 2.35. The van der Waals surface area contributed by atoms with Gasteiger partial charge in [-0.15, -0.1) is 11.3 Å². The zero-order valence-electron chi connectivity index (χ0n) is 16.8. The molecule has 4 rings (SSSR count). The van der Waals surface area contributed by atoms with Gasteiger partial charge in [0.05, 0.1) is 5.39 Å². The van der Waals surface area contributed by atoms with Crippen molar-refractivity contribution in [3.63, 3.8) is 0 Å². The molecular formula is C23H22N4O2S. The lowest BCUT2D eigenvalue weighted by atomic mass is 10.2. The van der Waals surface area contributed by atoms with Crippen LogP contribution in [-0.4, -0.2) is 41.6 Å². The van der Waals surface area contributed by atoms with Crippen LogP contribution in [0.5, 0.6) is 5.75 Å². The number of carbonyl (C=O) groups excluding carboxylic acids is 1. The molecule has 1 amide bonds. The lowest BCUT2D eigenvalue weighted by molar-refractivity contribution is -0.118. The highest BCUT2D eigenvalue weighted by atomic mass is 32.1. The highest BCUT2D eigenvalue weighted by Gasteiger charge is 2.16. The normalized spacial score (nSPS) is 10.9. The monoisotopic (exact) mass is 418 g/mol. The van der Waals surface area contributed by atoms with Crippen LogP contribution in [0.25, 0.3) is 20.7 Å². The van der Waals surface area contributed by atoms with E-state index >= 15 is 0 Å². The predicted octanol–water partition coefficient (Wildman–Crippen LogP) is 4.55. The van der Waals surface area contributed by atoms with Gasteiger partial charge < -0.3 is 14.9 Å². The molecule has 152 valence electrons. The zero-order chi connectivity index (χ0) is 21.1. The Hall–Kier alpha value is -3.45. The summed E-state index contributed by atoms with van der Waals surface area (Å²) in [5.74, 6) is 0.990. The van der Waals surface area contributed by atoms with Crippen LogP contribution in [0, 0.1) is 0 Å². The van der Waals surface area contributed by atoms with E-state index in [9.17, 15) is 9.90 Å². The van der Waals surface area contributed by atoms with E-state index in [1.807, 2.05) is 30.1 Å². The van der Waals surface area contributed by atoms with Crippen molar-refractivity contribution in [2.45, 2.75) is 6.42 Å². The van der Waals surface area contributed by atoms with Crippen molar-refractivity contribution in [2.75, 3.05) is 30.4 Å². The zero-order valence-corrected chi connectivity index (χ0v) is 17.6. The van der Waals surface area contributed by atoms with E-state index in [2.05, 4.69) is 28.2 Å². The first-order chi connectivity index (χ1) is 14.5. The molecule has 0 aliphatic rings. The van der Waals surface area contributed by atoms with Crippen LogP contribution in [-0.2, 0) is 4.79 Å². The summed E-state index contributed by atoms with van der Waals surface area (Å²) in [6.07, 6.45) is 1.92. The lowest BCUT2D eigenvalue weighted by Crippen LogP contribution is -2.30. The Morgan fingerprint density at radius 2 is 1.77 bits per heavy atom. The molecule has 0 saturated heterocycles. The van der Waals surface area contributed by atoms with E-state index in [4.69, 9.17) is 0 Å². The lowest BCUT2D eigenvalue weighted by Gasteiger charge is -2.21. The summed E-state index contributed by atoms with van der Waals surface area (Å²) in [5, 5.41) is 10.4. The first-order valence-electron chi connectivity index (χ1n) is 9.59. The largest absolute Gasteiger partial charge is 0.508 e. The molecule has 0 saturated carbocycles. The van der Waals surface area contributed by atoms with Crippen LogP contribution in [0.4, 0.5) is 11.5 Å². The minimum absolute atomic E-state index is 0.00636. The van der Waals surface area contributed by atoms with E-state index in [1.54, 1.807) is 53.9 Å². The summed E-state index contributed by atoms with van der Waals surface area (Å²) in [4.78, 5) is 27.2. The first kappa shape index (κ1) is 19.8. The summed E-state index contributed by atoms with van der Waals surface area (Å²) in [6, 6.07) is 18.9. The fourth-order valence-corrected chi connectivity index (χ4v) is 4.25. The standard InChI is InChI=1S/C23H22N4O2S/c1-26(13-12-21(29)27(2)17-8-10-18(28)11-9-17)22-19-14-20(16-6-4-3-5-7-16)30-23(19)25-15-24-22/h3-11,14-15,28H,12-13H2,1-2H3. The molecule has 0 fully saturated rings. The summed E-state index contributed by atoms with van der Waals surface area (Å²) in [7, 11) is 3.68. The molecule has 4 aromatic rings. The molecule has 0 spiro atoms. The molecule has 0 atom stereocenters. The third kappa shape index (κ3) is 4.11. The summed E-state index contributed by atoms with van der Waals surface area (Å²) < 4.78 is 0. The molecule has 2 aromatic carbocycles. The Labute approximate surface area is 179 Å². The van der Waals surface area contributed by atoms with Gasteiger partial charge in [-0.2, -0.15) is 0 Å². The van der Waals surface area contributed by atoms with Crippen molar-refractivity contribution in [1.82, 2.24) is 9.97 Å². The number of hydrogen-bond acceptors (Lipinski definition) is 6. The van der Waals surface area contributed by atoms with Crippen LogP contribution >= 0.6 is 11.3 Å². The molecule has 0 aliphatic heterocycles. The maximum atomic E-state index is 12.6. The number of amides is 1. The van der Waals surface area contributed by atoms with Gasteiger partial charge in [-0.3, -0.25) is 4.79 Å². The third-order valence-corrected chi connectivity index (χ3v) is 6.09. The quantitative estimate of drug-likeness (QED) is 0.497. The van der Waals surface area contributed by atoms with Crippen molar-refractivity contribution in [3.8, 4) is 16.2 Å². The number of rotatable bonds is 6. The van der Waals surface area contributed by atoms with Crippen LogP contribution in [0.1, 0.15) is 6.42 Å². The van der Waals surface area contributed by atoms with Crippen LogP contribution in [0.3, 0.4) is 0 Å². The Morgan fingerprint density at radius 3 is 2.50 bits per heavy atom. The molecule has 7 heteroatoms. The molecule has 2 aromatic heterocycles. The average molecular weight is 419 g/mol. The molecule has 0 bridgehead atoms. The third-order valence-electron chi connectivity index (χ3n) is 5.00. The number of phenols is 1. The smallest absolute Gasteiger partial charge is 0.228 e. The van der Waals surface area contributed by atoms with E-state index in [0.717, 1.165) is 32.2 Å². The predicted molar refractivity (Wildman–Crippen MR) is 122 cm³/mol. The summed E-state index contributed by atoms with van der Waals surface area (Å²) in [5.41, 5.74) is 1.90. The second kappa shape index (κ2) is 8.51. The maximum Gasteiger partial charge on any atom is 0.228 e. The average Bonchev–Trinajstić information content (AvgIpc) is 3.22. The molecular weight excluding hydrogens is 396 g/mol. The molecule has 0 unspecified atom stereocenters. The minimum atomic E-state index is -0.00636. The van der Waals surface area contributed by atoms with Crippen molar-refractivity contribution < 1.29 is 9.90 Å². The van der Waals surface area contributed by atoms with Gasteiger partial charge in [-0.05, 0) is 35.9 Å². The first-order valence-corrected chi connectivity index (χ1v) is 10.4.